The number of ether oxygens (including phenoxy) is 3. The Balaban J connectivity index is 1.42. The molecule has 3 fully saturated rings. The van der Waals surface area contributed by atoms with Crippen molar-refractivity contribution >= 4 is 5.91 Å². The van der Waals surface area contributed by atoms with E-state index in [0.29, 0.717) is 50.6 Å². The third-order valence-corrected chi connectivity index (χ3v) is 6.13. The number of piperazine rings is 1. The maximum atomic E-state index is 11.6. The Labute approximate surface area is 170 Å². The molecule has 9 heteroatoms. The average Bonchev–Trinajstić information content (AvgIpc) is 3.14. The van der Waals surface area contributed by atoms with E-state index in [1.807, 2.05) is 4.90 Å². The Morgan fingerprint density at radius 1 is 1.31 bits per heavy atom. The molecule has 9 nitrogen and oxygen atoms in total. The van der Waals surface area contributed by atoms with Crippen molar-refractivity contribution in [1.82, 2.24) is 15.1 Å². The van der Waals surface area contributed by atoms with Gasteiger partial charge in [0.15, 0.2) is 6.29 Å². The van der Waals surface area contributed by atoms with Crippen molar-refractivity contribution < 1.29 is 29.2 Å². The Kier molecular flexibility index (Phi) is 5.93. The highest BCUT2D eigenvalue weighted by Gasteiger charge is 2.52. The van der Waals surface area contributed by atoms with Crippen molar-refractivity contribution in [3.63, 3.8) is 0 Å². The molecule has 3 N–H and O–H groups in total. The quantitative estimate of drug-likeness (QED) is 0.601. The number of phenolic OH excluding ortho intramolecular Hbond substituents is 1. The molecule has 0 unspecified atom stereocenters. The predicted octanol–water partition coefficient (Wildman–Crippen LogP) is -0.492. The molecule has 3 heterocycles. The van der Waals surface area contributed by atoms with Crippen LogP contribution >= 0.6 is 0 Å². The number of aliphatic hydroxyl groups excluding tert-OH is 1. The zero-order valence-corrected chi connectivity index (χ0v) is 16.8. The molecule has 29 heavy (non-hydrogen) atoms. The smallest absolute Gasteiger partial charge is 0.219 e. The second-order valence-electron chi connectivity index (χ2n) is 7.80. The molecule has 1 aromatic rings. The fourth-order valence-corrected chi connectivity index (χ4v) is 4.42. The number of hydrogen-bond donors (Lipinski definition) is 3. The molecule has 160 valence electrons. The van der Waals surface area contributed by atoms with E-state index in [1.54, 1.807) is 32.2 Å². The number of amides is 1. The summed E-state index contributed by atoms with van der Waals surface area (Å²) in [5.41, 5.74) is 0.714. The van der Waals surface area contributed by atoms with Crippen LogP contribution in [0.5, 0.6) is 11.5 Å². The van der Waals surface area contributed by atoms with Crippen LogP contribution in [-0.4, -0.2) is 96.4 Å². The number of aromatic hydroxyl groups is 1. The highest BCUT2D eigenvalue weighted by molar-refractivity contribution is 5.73. The normalized spacial score (nSPS) is 32.4. The van der Waals surface area contributed by atoms with Crippen LogP contribution in [-0.2, 0) is 20.8 Å². The van der Waals surface area contributed by atoms with Gasteiger partial charge in [0.2, 0.25) is 5.91 Å². The number of nitrogens with zero attached hydrogens (tertiary/aromatic N) is 2. The molecule has 5 atom stereocenters. The van der Waals surface area contributed by atoms with Crippen LogP contribution in [0.3, 0.4) is 0 Å². The van der Waals surface area contributed by atoms with Gasteiger partial charge in [-0.2, -0.15) is 0 Å². The van der Waals surface area contributed by atoms with Gasteiger partial charge < -0.3 is 34.6 Å². The predicted molar refractivity (Wildman–Crippen MR) is 104 cm³/mol. The molecular weight excluding hydrogens is 378 g/mol. The summed E-state index contributed by atoms with van der Waals surface area (Å²) in [5, 5.41) is 24.7. The number of benzene rings is 1. The van der Waals surface area contributed by atoms with E-state index < -0.39 is 12.4 Å². The molecule has 1 aromatic carbocycles. The molecule has 2 bridgehead atoms. The molecule has 0 saturated carbocycles. The minimum absolute atomic E-state index is 0.0705. The molecule has 0 aliphatic carbocycles. The first-order chi connectivity index (χ1) is 14.0. The molecule has 3 saturated heterocycles. The minimum atomic E-state index is -0.689. The van der Waals surface area contributed by atoms with E-state index in [-0.39, 0.29) is 29.8 Å². The topological polar surface area (TPSA) is 104 Å². The largest absolute Gasteiger partial charge is 0.507 e. The number of carbonyl (C=O) groups is 1. The van der Waals surface area contributed by atoms with E-state index in [9.17, 15) is 15.0 Å². The van der Waals surface area contributed by atoms with Gasteiger partial charge in [-0.25, -0.2) is 0 Å². The van der Waals surface area contributed by atoms with Crippen molar-refractivity contribution in [3.05, 3.63) is 23.8 Å². The van der Waals surface area contributed by atoms with Crippen LogP contribution in [0.15, 0.2) is 18.2 Å². The molecule has 1 amide bonds. The maximum Gasteiger partial charge on any atom is 0.219 e. The number of aliphatic hydroxyl groups is 1. The Morgan fingerprint density at radius 3 is 2.72 bits per heavy atom. The summed E-state index contributed by atoms with van der Waals surface area (Å²) < 4.78 is 17.0. The standard InChI is InChI=1S/C20H29N3O6/c1-12(24)22-5-7-23(8-6-22)18-19(26)17(16-11-28-20(18)29-16)21-10-13-3-4-14(27-2)9-15(13)25/h3-4,9,16-21,25-26H,5-8,10-11H2,1-2H3/t16-,17-,18-,19+,20-/m1/s1. The number of nitrogens with one attached hydrogen (secondary N) is 1. The zero-order valence-electron chi connectivity index (χ0n) is 16.8. The summed E-state index contributed by atoms with van der Waals surface area (Å²) >= 11 is 0. The van der Waals surface area contributed by atoms with Gasteiger partial charge in [-0.15, -0.1) is 0 Å². The molecule has 0 spiro atoms. The molecule has 0 radical (unpaired) electrons. The Bertz CT molecular complexity index is 739. The summed E-state index contributed by atoms with van der Waals surface area (Å²) in [6.07, 6.45) is -1.40. The summed E-state index contributed by atoms with van der Waals surface area (Å²) in [6.45, 7) is 4.97. The van der Waals surface area contributed by atoms with Gasteiger partial charge in [0.25, 0.3) is 0 Å². The van der Waals surface area contributed by atoms with Gasteiger partial charge in [0.05, 0.1) is 31.9 Å². The first-order valence-electron chi connectivity index (χ1n) is 10.0. The van der Waals surface area contributed by atoms with Crippen molar-refractivity contribution in [2.45, 2.75) is 44.1 Å². The van der Waals surface area contributed by atoms with Gasteiger partial charge in [-0.05, 0) is 6.07 Å². The van der Waals surface area contributed by atoms with Gasteiger partial charge in [0, 0.05) is 51.3 Å². The summed E-state index contributed by atoms with van der Waals surface area (Å²) in [6, 6.07) is 4.52. The lowest BCUT2D eigenvalue weighted by atomic mass is 9.94. The van der Waals surface area contributed by atoms with E-state index >= 15 is 0 Å². The van der Waals surface area contributed by atoms with Gasteiger partial charge in [-0.1, -0.05) is 6.07 Å². The zero-order chi connectivity index (χ0) is 20.5. The molecule has 4 rings (SSSR count). The average molecular weight is 407 g/mol. The van der Waals surface area contributed by atoms with Crippen LogP contribution in [0.2, 0.25) is 0 Å². The fourth-order valence-electron chi connectivity index (χ4n) is 4.42. The van der Waals surface area contributed by atoms with Crippen LogP contribution in [0, 0.1) is 0 Å². The van der Waals surface area contributed by atoms with Gasteiger partial charge >= 0.3 is 0 Å². The number of carbonyl (C=O) groups excluding carboxylic acids is 1. The monoisotopic (exact) mass is 407 g/mol. The van der Waals surface area contributed by atoms with Crippen LogP contribution in [0.1, 0.15) is 12.5 Å². The number of fused-ring (bicyclic) bond motifs is 2. The third kappa shape index (κ3) is 4.06. The van der Waals surface area contributed by atoms with E-state index in [1.165, 1.54) is 0 Å². The molecule has 0 aromatic heterocycles. The summed E-state index contributed by atoms with van der Waals surface area (Å²) in [5.74, 6) is 0.797. The van der Waals surface area contributed by atoms with E-state index in [4.69, 9.17) is 14.2 Å². The Morgan fingerprint density at radius 2 is 2.07 bits per heavy atom. The summed E-state index contributed by atoms with van der Waals surface area (Å²) in [4.78, 5) is 15.5. The molecular formula is C20H29N3O6. The van der Waals surface area contributed by atoms with Gasteiger partial charge in [0.1, 0.15) is 17.6 Å². The van der Waals surface area contributed by atoms with Crippen LogP contribution < -0.4 is 10.1 Å². The number of rotatable bonds is 5. The maximum absolute atomic E-state index is 11.6. The van der Waals surface area contributed by atoms with Crippen LogP contribution in [0.25, 0.3) is 0 Å². The lowest BCUT2D eigenvalue weighted by Crippen LogP contribution is -2.66. The first-order valence-corrected chi connectivity index (χ1v) is 10.0. The number of methoxy groups -OCH3 is 1. The highest BCUT2D eigenvalue weighted by atomic mass is 16.7. The lowest BCUT2D eigenvalue weighted by molar-refractivity contribution is -0.187. The van der Waals surface area contributed by atoms with Crippen molar-refractivity contribution in [2.24, 2.45) is 0 Å². The van der Waals surface area contributed by atoms with Crippen LogP contribution in [0.4, 0.5) is 0 Å². The summed E-state index contributed by atoms with van der Waals surface area (Å²) in [7, 11) is 1.55. The third-order valence-electron chi connectivity index (χ3n) is 6.13. The lowest BCUT2D eigenvalue weighted by Gasteiger charge is -2.46. The second-order valence-corrected chi connectivity index (χ2v) is 7.80. The highest BCUT2D eigenvalue weighted by Crippen LogP contribution is 2.32. The molecule has 3 aliphatic rings. The number of hydrogen-bond acceptors (Lipinski definition) is 8. The van der Waals surface area contributed by atoms with Crippen molar-refractivity contribution in [3.8, 4) is 11.5 Å². The van der Waals surface area contributed by atoms with Crippen molar-refractivity contribution in [2.75, 3.05) is 39.9 Å². The number of phenols is 1. The molecule has 3 aliphatic heterocycles. The van der Waals surface area contributed by atoms with Gasteiger partial charge in [-0.3, -0.25) is 9.69 Å². The van der Waals surface area contributed by atoms with E-state index in [0.717, 1.165) is 0 Å². The first kappa shape index (κ1) is 20.4. The fraction of sp³-hybridized carbons (Fsp3) is 0.650. The van der Waals surface area contributed by atoms with E-state index in [2.05, 4.69) is 10.2 Å². The SMILES string of the molecule is COc1ccc(CN[C@H]2[C@H](O)[C@@H](N3CCN(C(C)=O)CC3)[C@@H]3OC[C@H]2O3)c(O)c1. The van der Waals surface area contributed by atoms with Crippen molar-refractivity contribution in [1.29, 1.82) is 0 Å². The minimum Gasteiger partial charge on any atom is -0.507 e. The Hall–Kier alpha value is -1.91. The second kappa shape index (κ2) is 8.45.